The first-order valence-corrected chi connectivity index (χ1v) is 8.74. The molecule has 23 heavy (non-hydrogen) atoms. The highest BCUT2D eigenvalue weighted by atomic mass is 32.1. The van der Waals surface area contributed by atoms with E-state index in [2.05, 4.69) is 28.9 Å². The molecule has 8 heteroatoms. The molecule has 0 aromatic carbocycles. The second kappa shape index (κ2) is 5.74. The number of carboxylic acid groups (broad SMARTS) is 1. The van der Waals surface area contributed by atoms with Gasteiger partial charge in [0.1, 0.15) is 5.01 Å². The van der Waals surface area contributed by atoms with E-state index in [-0.39, 0.29) is 12.3 Å². The van der Waals surface area contributed by atoms with Crippen LogP contribution in [0.3, 0.4) is 0 Å². The summed E-state index contributed by atoms with van der Waals surface area (Å²) < 4.78 is 0. The average Bonchev–Trinajstić information content (AvgIpc) is 3.09. The van der Waals surface area contributed by atoms with Crippen molar-refractivity contribution in [2.75, 3.05) is 25.0 Å². The van der Waals surface area contributed by atoms with Crippen LogP contribution in [0, 0.1) is 5.92 Å². The van der Waals surface area contributed by atoms with Crippen molar-refractivity contribution in [1.82, 2.24) is 15.1 Å². The summed E-state index contributed by atoms with van der Waals surface area (Å²) in [5, 5.41) is 19.9. The molecule has 1 aromatic heterocycles. The molecule has 2 aliphatic rings. The molecule has 0 bridgehead atoms. The van der Waals surface area contributed by atoms with Crippen molar-refractivity contribution in [2.24, 2.45) is 5.92 Å². The number of hydrogen-bond donors (Lipinski definition) is 1. The summed E-state index contributed by atoms with van der Waals surface area (Å²) in [4.78, 5) is 27.4. The van der Waals surface area contributed by atoms with Gasteiger partial charge in [-0.15, -0.1) is 10.2 Å². The number of carbonyl (C=O) groups excluding carboxylic acids is 1. The Morgan fingerprint density at radius 1 is 1.35 bits per heavy atom. The van der Waals surface area contributed by atoms with E-state index in [1.54, 1.807) is 23.3 Å². The quantitative estimate of drug-likeness (QED) is 0.900. The smallest absolute Gasteiger partial charge is 0.309 e. The van der Waals surface area contributed by atoms with E-state index in [1.807, 2.05) is 0 Å². The first kappa shape index (κ1) is 16.2. The number of carboxylic acids is 1. The predicted molar refractivity (Wildman–Crippen MR) is 86.7 cm³/mol. The maximum atomic E-state index is 12.0. The predicted octanol–water partition coefficient (Wildman–Crippen LogP) is 1.56. The molecule has 2 fully saturated rings. The Morgan fingerprint density at radius 3 is 2.52 bits per heavy atom. The maximum absolute atomic E-state index is 12.0. The van der Waals surface area contributed by atoms with Crippen molar-refractivity contribution >= 4 is 28.3 Å². The van der Waals surface area contributed by atoms with Crippen molar-refractivity contribution < 1.29 is 14.7 Å². The van der Waals surface area contributed by atoms with Crippen LogP contribution in [0.15, 0.2) is 0 Å². The van der Waals surface area contributed by atoms with E-state index in [0.29, 0.717) is 31.8 Å². The molecule has 0 saturated carbocycles. The number of amides is 1. The van der Waals surface area contributed by atoms with Gasteiger partial charge in [-0.1, -0.05) is 25.2 Å². The normalized spacial score (nSPS) is 24.0. The Hall–Kier alpha value is -1.70. The lowest BCUT2D eigenvalue weighted by Gasteiger charge is -2.45. The van der Waals surface area contributed by atoms with Gasteiger partial charge < -0.3 is 14.9 Å². The highest BCUT2D eigenvalue weighted by Crippen LogP contribution is 2.43. The summed E-state index contributed by atoms with van der Waals surface area (Å²) in [6.45, 7) is 5.58. The van der Waals surface area contributed by atoms with E-state index in [4.69, 9.17) is 0 Å². The Morgan fingerprint density at radius 2 is 2.00 bits per heavy atom. The highest BCUT2D eigenvalue weighted by molar-refractivity contribution is 7.15. The van der Waals surface area contributed by atoms with Crippen molar-refractivity contribution in [3.63, 3.8) is 0 Å². The average molecular weight is 338 g/mol. The fourth-order valence-electron chi connectivity index (χ4n) is 3.66. The number of rotatable bonds is 3. The molecule has 2 aliphatic heterocycles. The topological polar surface area (TPSA) is 86.6 Å². The van der Waals surface area contributed by atoms with Crippen LogP contribution in [0.1, 0.15) is 44.0 Å². The minimum Gasteiger partial charge on any atom is -0.481 e. The zero-order chi connectivity index (χ0) is 16.8. The number of piperidine rings is 1. The lowest BCUT2D eigenvalue weighted by molar-refractivity contribution is -0.145. The summed E-state index contributed by atoms with van der Waals surface area (Å²) in [5.74, 6) is -1.19. The second-order valence-corrected chi connectivity index (χ2v) is 7.70. The van der Waals surface area contributed by atoms with Crippen molar-refractivity contribution in [3.8, 4) is 0 Å². The molecule has 2 saturated heterocycles. The van der Waals surface area contributed by atoms with Gasteiger partial charge in [0.05, 0.1) is 11.5 Å². The molecule has 3 heterocycles. The van der Waals surface area contributed by atoms with Gasteiger partial charge in [-0.25, -0.2) is 0 Å². The molecule has 1 spiro atoms. The van der Waals surface area contributed by atoms with E-state index < -0.39 is 17.4 Å². The van der Waals surface area contributed by atoms with Crippen LogP contribution in [0.4, 0.5) is 5.13 Å². The van der Waals surface area contributed by atoms with Crippen LogP contribution in [0.5, 0.6) is 0 Å². The summed E-state index contributed by atoms with van der Waals surface area (Å²) >= 11 is 1.59. The number of carbonyl (C=O) groups is 2. The van der Waals surface area contributed by atoms with Gasteiger partial charge in [-0.2, -0.15) is 0 Å². The third kappa shape index (κ3) is 2.58. The lowest BCUT2D eigenvalue weighted by atomic mass is 9.77. The zero-order valence-corrected chi connectivity index (χ0v) is 14.5. The molecule has 1 atom stereocenters. The summed E-state index contributed by atoms with van der Waals surface area (Å²) in [6, 6.07) is 0. The largest absolute Gasteiger partial charge is 0.481 e. The fourth-order valence-corrected chi connectivity index (χ4v) is 4.56. The Labute approximate surface area is 139 Å². The van der Waals surface area contributed by atoms with Gasteiger partial charge in [0.2, 0.25) is 11.0 Å². The molecular weight excluding hydrogens is 316 g/mol. The molecule has 3 rings (SSSR count). The van der Waals surface area contributed by atoms with Crippen LogP contribution < -0.4 is 4.90 Å². The van der Waals surface area contributed by atoms with Gasteiger partial charge in [0.25, 0.3) is 0 Å². The fraction of sp³-hybridized carbons (Fsp3) is 0.733. The van der Waals surface area contributed by atoms with Gasteiger partial charge in [-0.05, 0) is 12.8 Å². The molecule has 1 aromatic rings. The van der Waals surface area contributed by atoms with E-state index >= 15 is 0 Å². The van der Waals surface area contributed by atoms with Gasteiger partial charge in [-0.3, -0.25) is 9.59 Å². The first-order chi connectivity index (χ1) is 10.8. The van der Waals surface area contributed by atoms with Crippen molar-refractivity contribution in [3.05, 3.63) is 5.01 Å². The van der Waals surface area contributed by atoms with Crippen LogP contribution in [-0.2, 0) is 9.59 Å². The van der Waals surface area contributed by atoms with Gasteiger partial charge in [0, 0.05) is 32.5 Å². The summed E-state index contributed by atoms with van der Waals surface area (Å²) in [6.07, 6.45) is 1.42. The number of nitrogens with zero attached hydrogens (tertiary/aromatic N) is 4. The standard InChI is InChI=1S/C15H22N4O3S/c1-9(2)12-16-17-14(23-12)19-6-4-15(5-7-19)10(13(21)22)8-11(20)18(15)3/h9-10H,4-8H2,1-3H3,(H,21,22). The third-order valence-corrected chi connectivity index (χ3v) is 6.48. The third-order valence-electron chi connectivity index (χ3n) is 5.19. The Kier molecular flexibility index (Phi) is 4.03. The summed E-state index contributed by atoms with van der Waals surface area (Å²) in [5.41, 5.74) is -0.551. The Balaban J connectivity index is 1.76. The minimum absolute atomic E-state index is 0.0659. The SMILES string of the molecule is CC(C)c1nnc(N2CCC3(CC2)C(C(=O)O)CC(=O)N3C)s1. The molecule has 7 nitrogen and oxygen atoms in total. The van der Waals surface area contributed by atoms with Crippen molar-refractivity contribution in [2.45, 2.75) is 44.6 Å². The zero-order valence-electron chi connectivity index (χ0n) is 13.7. The molecule has 0 radical (unpaired) electrons. The van der Waals surface area contributed by atoms with E-state index in [0.717, 1.165) is 10.1 Å². The Bertz CT molecular complexity index is 622. The molecular formula is C15H22N4O3S. The highest BCUT2D eigenvalue weighted by Gasteiger charge is 2.55. The van der Waals surface area contributed by atoms with Crippen molar-refractivity contribution in [1.29, 1.82) is 0 Å². The molecule has 1 amide bonds. The number of anilines is 1. The number of aliphatic carboxylic acids is 1. The lowest BCUT2D eigenvalue weighted by Crippen LogP contribution is -2.56. The van der Waals surface area contributed by atoms with Crippen LogP contribution in [0.25, 0.3) is 0 Å². The van der Waals surface area contributed by atoms with Crippen LogP contribution in [-0.4, -0.2) is 57.8 Å². The van der Waals surface area contributed by atoms with Gasteiger partial charge >= 0.3 is 5.97 Å². The van der Waals surface area contributed by atoms with Gasteiger partial charge in [0.15, 0.2) is 0 Å². The molecule has 1 N–H and O–H groups in total. The van der Waals surface area contributed by atoms with E-state index in [9.17, 15) is 14.7 Å². The molecule has 126 valence electrons. The molecule has 1 unspecified atom stereocenters. The number of likely N-dealkylation sites (tertiary alicyclic amines) is 1. The number of aromatic nitrogens is 2. The monoisotopic (exact) mass is 338 g/mol. The van der Waals surface area contributed by atoms with Crippen LogP contribution in [0.2, 0.25) is 0 Å². The second-order valence-electron chi connectivity index (χ2n) is 6.72. The van der Waals surface area contributed by atoms with Crippen LogP contribution >= 0.6 is 11.3 Å². The summed E-state index contributed by atoms with van der Waals surface area (Å²) in [7, 11) is 1.74. The number of hydrogen-bond acceptors (Lipinski definition) is 6. The first-order valence-electron chi connectivity index (χ1n) is 7.93. The minimum atomic E-state index is -0.867. The van der Waals surface area contributed by atoms with E-state index in [1.165, 1.54) is 0 Å². The maximum Gasteiger partial charge on any atom is 0.309 e. The molecule has 0 aliphatic carbocycles.